The molecule has 2 aromatic rings. The second-order valence-electron chi connectivity index (χ2n) is 10.6. The fraction of sp³-hybridized carbons (Fsp3) is 0.519. The molecule has 3 fully saturated rings. The number of piperidine rings is 3. The van der Waals surface area contributed by atoms with E-state index in [0.717, 1.165) is 44.1 Å². The van der Waals surface area contributed by atoms with Gasteiger partial charge in [-0.05, 0) is 61.2 Å². The number of alkyl halides is 3. The van der Waals surface area contributed by atoms with Gasteiger partial charge in [0.1, 0.15) is 17.6 Å². The van der Waals surface area contributed by atoms with Gasteiger partial charge in [-0.3, -0.25) is 4.90 Å². The van der Waals surface area contributed by atoms with Crippen LogP contribution in [0.15, 0.2) is 36.4 Å². The zero-order chi connectivity index (χ0) is 25.7. The van der Waals surface area contributed by atoms with Crippen molar-refractivity contribution in [1.29, 1.82) is 0 Å². The molecule has 0 saturated carbocycles. The van der Waals surface area contributed by atoms with Crippen LogP contribution in [0.4, 0.5) is 18.0 Å². The minimum absolute atomic E-state index is 0.102. The lowest BCUT2D eigenvalue weighted by atomic mass is 9.78. The average molecular weight is 505 g/mol. The molecule has 0 aliphatic carbocycles. The molecule has 2 atom stereocenters. The lowest BCUT2D eigenvalue weighted by molar-refractivity contribution is -0.138. The van der Waals surface area contributed by atoms with Crippen molar-refractivity contribution in [2.24, 2.45) is 11.3 Å². The number of halogens is 3. The van der Waals surface area contributed by atoms with E-state index in [1.54, 1.807) is 18.2 Å². The van der Waals surface area contributed by atoms with Gasteiger partial charge in [-0.25, -0.2) is 4.79 Å². The molecule has 36 heavy (non-hydrogen) atoms. The van der Waals surface area contributed by atoms with Crippen LogP contribution >= 0.6 is 0 Å². The second-order valence-corrected chi connectivity index (χ2v) is 10.6. The number of nitrogens with zero attached hydrogens (tertiary/aromatic N) is 1. The van der Waals surface area contributed by atoms with Gasteiger partial charge in [-0.1, -0.05) is 32.0 Å². The maximum Gasteiger partial charge on any atom is 0.419 e. The molecular formula is C27H31F3N2O4. The largest absolute Gasteiger partial charge is 0.496 e. The number of methoxy groups -OCH3 is 1. The van der Waals surface area contributed by atoms with E-state index in [9.17, 15) is 18.0 Å². The fourth-order valence-electron chi connectivity index (χ4n) is 5.56. The van der Waals surface area contributed by atoms with Crippen molar-refractivity contribution in [2.45, 2.75) is 45.0 Å². The molecule has 1 amide bonds. The molecule has 0 radical (unpaired) electrons. The summed E-state index contributed by atoms with van der Waals surface area (Å²) in [5, 5.41) is 3.05. The van der Waals surface area contributed by atoms with Crippen LogP contribution in [0.2, 0.25) is 0 Å². The molecule has 2 aromatic carbocycles. The molecule has 1 N–H and O–H groups in total. The summed E-state index contributed by atoms with van der Waals surface area (Å²) in [4.78, 5) is 15.3. The number of benzene rings is 2. The summed E-state index contributed by atoms with van der Waals surface area (Å²) in [7, 11) is 1.22. The van der Waals surface area contributed by atoms with Crippen molar-refractivity contribution in [3.8, 4) is 22.6 Å². The van der Waals surface area contributed by atoms with Crippen molar-refractivity contribution in [3.63, 3.8) is 0 Å². The first-order valence-corrected chi connectivity index (χ1v) is 12.3. The van der Waals surface area contributed by atoms with Gasteiger partial charge >= 0.3 is 12.3 Å². The quantitative estimate of drug-likeness (QED) is 0.582. The Bertz CT molecular complexity index is 1140. The first kappa shape index (κ1) is 24.7. The Morgan fingerprint density at radius 1 is 1.11 bits per heavy atom. The highest BCUT2D eigenvalue weighted by Crippen LogP contribution is 2.45. The van der Waals surface area contributed by atoms with Crippen molar-refractivity contribution >= 4 is 6.09 Å². The Morgan fingerprint density at radius 3 is 2.44 bits per heavy atom. The van der Waals surface area contributed by atoms with Gasteiger partial charge in [0.15, 0.2) is 0 Å². The zero-order valence-electron chi connectivity index (χ0n) is 20.7. The molecule has 4 aliphatic heterocycles. The Morgan fingerprint density at radius 2 is 1.81 bits per heavy atom. The summed E-state index contributed by atoms with van der Waals surface area (Å²) in [6.07, 6.45) is -2.99. The summed E-state index contributed by atoms with van der Waals surface area (Å²) in [6.45, 7) is 7.24. The zero-order valence-corrected chi connectivity index (χ0v) is 20.7. The van der Waals surface area contributed by atoms with Gasteiger partial charge in [0, 0.05) is 17.5 Å². The molecule has 0 aromatic heterocycles. The molecular weight excluding hydrogens is 473 g/mol. The Balaban J connectivity index is 1.38. The molecule has 194 valence electrons. The number of hydrogen-bond acceptors (Lipinski definition) is 5. The predicted octanol–water partition coefficient (Wildman–Crippen LogP) is 5.66. The number of rotatable bonds is 4. The van der Waals surface area contributed by atoms with Crippen molar-refractivity contribution < 1.29 is 32.2 Å². The van der Waals surface area contributed by atoms with Crippen molar-refractivity contribution in [1.82, 2.24) is 10.2 Å². The highest BCUT2D eigenvalue weighted by atomic mass is 19.4. The van der Waals surface area contributed by atoms with Crippen LogP contribution < -0.4 is 14.8 Å². The number of carbonyl (C=O) groups excluding carboxylic acids is 1. The van der Waals surface area contributed by atoms with Crippen molar-refractivity contribution in [2.75, 3.05) is 33.4 Å². The maximum atomic E-state index is 13.5. The smallest absolute Gasteiger partial charge is 0.419 e. The summed E-state index contributed by atoms with van der Waals surface area (Å²) < 4.78 is 57.3. The average Bonchev–Trinajstić information content (AvgIpc) is 2.85. The summed E-state index contributed by atoms with van der Waals surface area (Å²) in [6, 6.07) is 8.89. The number of hydrogen-bond donors (Lipinski definition) is 1. The van der Waals surface area contributed by atoms with Gasteiger partial charge in [0.2, 0.25) is 0 Å². The normalized spacial score (nSPS) is 26.5. The molecule has 2 bridgehead atoms. The molecule has 9 heteroatoms. The number of nitrogens with one attached hydrogen (secondary N) is 1. The monoisotopic (exact) mass is 504 g/mol. The third-order valence-corrected chi connectivity index (χ3v) is 7.66. The maximum absolute atomic E-state index is 13.5. The molecule has 6 nitrogen and oxygen atoms in total. The van der Waals surface area contributed by atoms with Gasteiger partial charge in [0.25, 0.3) is 0 Å². The Labute approximate surface area is 208 Å². The summed E-state index contributed by atoms with van der Waals surface area (Å²) in [5.41, 5.74) is 0.496. The SMILES string of the molecule is COc1ccc(-c2ccc3c(c2)OCC(C)(C)C3NC(=O)O[C@@H]2CN3CCC2CC3)cc1C(F)(F)F. The highest BCUT2D eigenvalue weighted by molar-refractivity contribution is 5.71. The first-order chi connectivity index (χ1) is 17.0. The standard InChI is InChI=1S/C27H31F3N2O4/c1-26(2)15-35-22-13-18(17-5-7-21(34-3)20(12-17)27(28,29)30)4-6-19(22)24(26)31-25(33)36-23-14-32-10-8-16(23)9-11-32/h4-7,12-13,16,23-24H,8-11,14-15H2,1-3H3,(H,31,33)/t23-,24?/m1/s1. The van der Waals surface area contributed by atoms with Crippen LogP contribution in [0.3, 0.4) is 0 Å². The van der Waals surface area contributed by atoms with E-state index in [0.29, 0.717) is 29.4 Å². The van der Waals surface area contributed by atoms with E-state index in [2.05, 4.69) is 10.2 Å². The van der Waals surface area contributed by atoms with E-state index in [1.165, 1.54) is 13.2 Å². The van der Waals surface area contributed by atoms with Crippen molar-refractivity contribution in [3.05, 3.63) is 47.5 Å². The van der Waals surface area contributed by atoms with Crippen LogP contribution in [0.1, 0.15) is 43.9 Å². The highest BCUT2D eigenvalue weighted by Gasteiger charge is 2.41. The van der Waals surface area contributed by atoms with Crippen LogP contribution in [-0.2, 0) is 10.9 Å². The number of carbonyl (C=O) groups is 1. The lowest BCUT2D eigenvalue weighted by Crippen LogP contribution is -2.53. The minimum atomic E-state index is -4.54. The number of alkyl carbamates (subject to hydrolysis) is 1. The van der Waals surface area contributed by atoms with E-state index >= 15 is 0 Å². The molecule has 4 aliphatic rings. The first-order valence-electron chi connectivity index (χ1n) is 12.3. The Kier molecular flexibility index (Phi) is 6.31. The minimum Gasteiger partial charge on any atom is -0.496 e. The molecule has 0 spiro atoms. The van der Waals surface area contributed by atoms with Crippen LogP contribution in [0.5, 0.6) is 11.5 Å². The number of fused-ring (bicyclic) bond motifs is 4. The van der Waals surface area contributed by atoms with Gasteiger partial charge in [-0.15, -0.1) is 0 Å². The van der Waals surface area contributed by atoms with E-state index in [-0.39, 0.29) is 17.9 Å². The second kappa shape index (κ2) is 9.18. The van der Waals surface area contributed by atoms with Gasteiger partial charge in [-0.2, -0.15) is 13.2 Å². The van der Waals surface area contributed by atoms with Crippen LogP contribution in [0, 0.1) is 11.3 Å². The fourth-order valence-corrected chi connectivity index (χ4v) is 5.56. The molecule has 1 unspecified atom stereocenters. The Hall–Kier alpha value is -2.94. The number of ether oxygens (including phenoxy) is 3. The van der Waals surface area contributed by atoms with Gasteiger partial charge < -0.3 is 19.5 Å². The molecule has 6 rings (SSSR count). The third kappa shape index (κ3) is 4.73. The van der Waals surface area contributed by atoms with Gasteiger partial charge in [0.05, 0.1) is 25.3 Å². The van der Waals surface area contributed by atoms with E-state index < -0.39 is 23.2 Å². The predicted molar refractivity (Wildman–Crippen MR) is 128 cm³/mol. The van der Waals surface area contributed by atoms with Crippen LogP contribution in [-0.4, -0.2) is 50.4 Å². The summed E-state index contributed by atoms with van der Waals surface area (Å²) >= 11 is 0. The molecule has 4 heterocycles. The number of amides is 1. The summed E-state index contributed by atoms with van der Waals surface area (Å²) in [5.74, 6) is 0.710. The topological polar surface area (TPSA) is 60.0 Å². The lowest BCUT2D eigenvalue weighted by Gasteiger charge is -2.44. The molecule has 3 saturated heterocycles. The van der Waals surface area contributed by atoms with E-state index in [4.69, 9.17) is 14.2 Å². The third-order valence-electron chi connectivity index (χ3n) is 7.66. The van der Waals surface area contributed by atoms with Crippen LogP contribution in [0.25, 0.3) is 11.1 Å². The van der Waals surface area contributed by atoms with E-state index in [1.807, 2.05) is 19.9 Å².